The third-order valence-electron chi connectivity index (χ3n) is 9.69. The molecule has 5 fully saturated rings. The van der Waals surface area contributed by atoms with E-state index < -0.39 is 62.1 Å². The Labute approximate surface area is 261 Å². The molecule has 0 amide bonds. The Morgan fingerprint density at radius 2 is 1.39 bits per heavy atom. The normalized spacial score (nSPS) is 29.1. The monoisotopic (exact) mass is 704 g/mol. The van der Waals surface area contributed by atoms with Crippen molar-refractivity contribution >= 4 is 37.2 Å². The van der Waals surface area contributed by atoms with Gasteiger partial charge in [0.05, 0.1) is 5.41 Å². The van der Waals surface area contributed by atoms with E-state index in [9.17, 15) is 39.6 Å². The molecule has 256 valence electrons. The fourth-order valence-corrected chi connectivity index (χ4v) is 14.1. The Morgan fingerprint density at radius 1 is 0.848 bits per heavy atom. The summed E-state index contributed by atoms with van der Waals surface area (Å²) in [7, 11) is -9.68. The number of alkyl halides is 8. The van der Waals surface area contributed by atoms with Gasteiger partial charge in [-0.25, -0.2) is 3.63 Å². The largest absolute Gasteiger partial charge is 0.483 e. The van der Waals surface area contributed by atoms with Crippen molar-refractivity contribution in [3.05, 3.63) is 36.4 Å². The van der Waals surface area contributed by atoms with Crippen molar-refractivity contribution < 1.29 is 61.4 Å². The van der Waals surface area contributed by atoms with Gasteiger partial charge >= 0.3 is 33.7 Å². The summed E-state index contributed by atoms with van der Waals surface area (Å²) >= 11 is 0. The summed E-state index contributed by atoms with van der Waals surface area (Å²) in [6.07, 6.45) is -11.3. The highest BCUT2D eigenvalue weighted by atomic mass is 32.3. The number of carbonyl (C=O) groups excluding carboxylic acids is 1. The standard InChI is InChI=1S/C30H32F8O6S2/c31-28(32,33)17-42-23-7-8-24(22-6-2-1-5-21(22)23)45(9-3-4-10-45)44-46(40,41)30(37,38)25(29(34,35)36)43-26(39)27-14-18-11-19(15-27)13-20(12-18)16-27/h1-2,5-8,18-20,25H,3-4,9-17H2. The van der Waals surface area contributed by atoms with Crippen molar-refractivity contribution in [2.75, 3.05) is 18.1 Å². The average Bonchev–Trinajstić information content (AvgIpc) is 3.41. The van der Waals surface area contributed by atoms with Gasteiger partial charge in [0.1, 0.15) is 5.75 Å². The van der Waals surface area contributed by atoms with E-state index in [4.69, 9.17) is 8.37 Å². The predicted octanol–water partition coefficient (Wildman–Crippen LogP) is 8.28. The van der Waals surface area contributed by atoms with Crippen molar-refractivity contribution in [2.45, 2.75) is 80.0 Å². The van der Waals surface area contributed by atoms with Gasteiger partial charge in [-0.3, -0.25) is 4.79 Å². The van der Waals surface area contributed by atoms with Crippen LogP contribution in [-0.2, 0) is 23.3 Å². The van der Waals surface area contributed by atoms with E-state index in [0.29, 0.717) is 12.8 Å². The molecule has 0 radical (unpaired) electrons. The van der Waals surface area contributed by atoms with Crippen molar-refractivity contribution in [3.63, 3.8) is 0 Å². The Kier molecular flexibility index (Phi) is 8.31. The summed E-state index contributed by atoms with van der Waals surface area (Å²) in [4.78, 5) is 13.3. The van der Waals surface area contributed by atoms with Gasteiger partial charge < -0.3 is 9.47 Å². The maximum Gasteiger partial charge on any atom is 0.432 e. The smallest absolute Gasteiger partial charge is 0.432 e. The molecule has 1 atom stereocenters. The molecule has 46 heavy (non-hydrogen) atoms. The molecule has 4 aliphatic carbocycles. The van der Waals surface area contributed by atoms with Gasteiger partial charge in [0.25, 0.3) is 6.10 Å². The number of carbonyl (C=O) groups is 1. The molecule has 2 aromatic carbocycles. The molecule has 2 aromatic rings. The minimum atomic E-state index is -6.42. The van der Waals surface area contributed by atoms with Crippen LogP contribution in [0.15, 0.2) is 41.3 Å². The lowest BCUT2D eigenvalue weighted by Gasteiger charge is -2.55. The maximum atomic E-state index is 15.8. The first-order valence-corrected chi connectivity index (χ1v) is 18.3. The molecule has 1 saturated heterocycles. The summed E-state index contributed by atoms with van der Waals surface area (Å²) in [5, 5.41) is -5.45. The number of esters is 1. The zero-order valence-corrected chi connectivity index (χ0v) is 26.0. The number of ether oxygens (including phenoxy) is 2. The average molecular weight is 705 g/mol. The van der Waals surface area contributed by atoms with Gasteiger partial charge in [0, 0.05) is 21.8 Å². The van der Waals surface area contributed by atoms with Gasteiger partial charge in [-0.05, 0) is 86.6 Å². The van der Waals surface area contributed by atoms with Gasteiger partial charge in [-0.2, -0.15) is 43.5 Å². The quantitative estimate of drug-likeness (QED) is 0.193. The third-order valence-corrected chi connectivity index (χ3v) is 15.4. The van der Waals surface area contributed by atoms with E-state index in [2.05, 4.69) is 4.74 Å². The highest BCUT2D eigenvalue weighted by Crippen LogP contribution is 2.66. The van der Waals surface area contributed by atoms with E-state index in [1.54, 1.807) is 0 Å². The number of fused-ring (bicyclic) bond motifs is 1. The lowest BCUT2D eigenvalue weighted by Crippen LogP contribution is -2.56. The molecule has 16 heteroatoms. The van der Waals surface area contributed by atoms with Crippen LogP contribution >= 0.6 is 10.3 Å². The molecule has 7 rings (SSSR count). The molecule has 1 heterocycles. The predicted molar refractivity (Wildman–Crippen MR) is 152 cm³/mol. The van der Waals surface area contributed by atoms with E-state index in [-0.39, 0.29) is 69.9 Å². The number of rotatable bonds is 9. The first kappa shape index (κ1) is 33.6. The fraction of sp³-hybridized carbons (Fsp3) is 0.633. The number of hydrogen-bond acceptors (Lipinski definition) is 6. The van der Waals surface area contributed by atoms with Crippen LogP contribution < -0.4 is 4.74 Å². The molecule has 5 aliphatic rings. The van der Waals surface area contributed by atoms with Crippen molar-refractivity contribution in [2.24, 2.45) is 23.2 Å². The van der Waals surface area contributed by atoms with Gasteiger partial charge in [-0.15, -0.1) is 0 Å². The van der Waals surface area contributed by atoms with Crippen LogP contribution in [0.4, 0.5) is 35.1 Å². The summed E-state index contributed by atoms with van der Waals surface area (Å²) in [5.41, 5.74) is -1.37. The summed E-state index contributed by atoms with van der Waals surface area (Å²) in [6, 6.07) is 8.08. The van der Waals surface area contributed by atoms with Gasteiger partial charge in [0.15, 0.2) is 6.61 Å². The highest BCUT2D eigenvalue weighted by molar-refractivity contribution is 8.33. The molecule has 0 spiro atoms. The summed E-state index contributed by atoms with van der Waals surface area (Å²) < 4.78 is 154. The summed E-state index contributed by atoms with van der Waals surface area (Å²) in [6.45, 7) is -1.63. The van der Waals surface area contributed by atoms with E-state index in [0.717, 1.165) is 25.3 Å². The van der Waals surface area contributed by atoms with Crippen LogP contribution in [0.3, 0.4) is 0 Å². The zero-order valence-electron chi connectivity index (χ0n) is 24.3. The van der Waals surface area contributed by atoms with E-state index >= 15 is 8.78 Å². The van der Waals surface area contributed by atoms with Crippen molar-refractivity contribution in [1.82, 2.24) is 0 Å². The molecular weight excluding hydrogens is 672 g/mol. The molecule has 4 bridgehead atoms. The highest BCUT2D eigenvalue weighted by Gasteiger charge is 2.69. The van der Waals surface area contributed by atoms with Crippen LogP contribution in [0.5, 0.6) is 5.75 Å². The van der Waals surface area contributed by atoms with Crippen molar-refractivity contribution in [3.8, 4) is 5.75 Å². The SMILES string of the molecule is O=C(OC(C(F)(F)F)C(F)(F)S(=O)(=O)OS1(c2ccc(OCC(F)(F)F)c3ccccc23)CCCC1)C12CC3CC(CC(C3)C1)C2. The topological polar surface area (TPSA) is 78.9 Å². The Balaban J connectivity index is 1.32. The molecule has 4 saturated carbocycles. The second-order valence-electron chi connectivity index (χ2n) is 13.0. The third kappa shape index (κ3) is 6.06. The Bertz CT molecular complexity index is 1570. The maximum absolute atomic E-state index is 15.8. The number of halogens is 8. The van der Waals surface area contributed by atoms with E-state index in [1.807, 2.05) is 0 Å². The minimum Gasteiger partial charge on any atom is -0.483 e. The zero-order chi connectivity index (χ0) is 33.3. The molecule has 0 N–H and O–H groups in total. The first-order valence-electron chi connectivity index (χ1n) is 15.0. The van der Waals surface area contributed by atoms with Crippen LogP contribution in [-0.4, -0.2) is 56.2 Å². The van der Waals surface area contributed by atoms with Crippen LogP contribution in [0.2, 0.25) is 0 Å². The molecule has 1 unspecified atom stereocenters. The minimum absolute atomic E-state index is 0.0634. The van der Waals surface area contributed by atoms with Crippen LogP contribution in [0, 0.1) is 23.2 Å². The molecule has 1 aliphatic heterocycles. The number of hydrogen-bond donors (Lipinski definition) is 0. The first-order chi connectivity index (χ1) is 21.3. The van der Waals surface area contributed by atoms with Crippen LogP contribution in [0.1, 0.15) is 51.4 Å². The van der Waals surface area contributed by atoms with Crippen LogP contribution in [0.25, 0.3) is 10.8 Å². The lowest BCUT2D eigenvalue weighted by atomic mass is 9.49. The second kappa shape index (κ2) is 11.4. The van der Waals surface area contributed by atoms with E-state index in [1.165, 1.54) is 30.3 Å². The fourth-order valence-electron chi connectivity index (χ4n) is 8.22. The molecule has 0 aromatic heterocycles. The molecule has 6 nitrogen and oxygen atoms in total. The van der Waals surface area contributed by atoms with Gasteiger partial charge in [-0.1, -0.05) is 34.6 Å². The molecular formula is C30H32F8O6S2. The Hall–Kier alpha value is -2.33. The summed E-state index contributed by atoms with van der Waals surface area (Å²) in [5.74, 6) is -1.69. The second-order valence-corrected chi connectivity index (χ2v) is 17.9. The Morgan fingerprint density at radius 3 is 1.91 bits per heavy atom. The number of benzene rings is 2. The van der Waals surface area contributed by atoms with Gasteiger partial charge in [0.2, 0.25) is 0 Å². The van der Waals surface area contributed by atoms with Crippen molar-refractivity contribution in [1.29, 1.82) is 0 Å². The lowest BCUT2D eigenvalue weighted by molar-refractivity contribution is -0.266.